The molecule has 0 aliphatic rings. The first kappa shape index (κ1) is 16.4. The lowest BCUT2D eigenvalue weighted by molar-refractivity contribution is -0.124. The zero-order chi connectivity index (χ0) is 13.6. The van der Waals surface area contributed by atoms with Crippen molar-refractivity contribution in [1.82, 2.24) is 9.62 Å². The zero-order valence-corrected chi connectivity index (χ0v) is 12.2. The highest BCUT2D eigenvalue weighted by molar-refractivity contribution is 7.88. The largest absolute Gasteiger partial charge is 0.355 e. The first-order valence-corrected chi connectivity index (χ1v) is 7.79. The van der Waals surface area contributed by atoms with Crippen LogP contribution in [0.15, 0.2) is 0 Å². The lowest BCUT2D eigenvalue weighted by atomic mass is 10.2. The molecule has 0 saturated heterocycles. The number of hydrogen-bond acceptors (Lipinski definition) is 3. The van der Waals surface area contributed by atoms with Crippen LogP contribution in [0.25, 0.3) is 0 Å². The highest BCUT2D eigenvalue weighted by Gasteiger charge is 2.21. The van der Waals surface area contributed by atoms with Crippen LogP contribution in [0.4, 0.5) is 0 Å². The predicted octanol–water partition coefficient (Wildman–Crippen LogP) is 0.819. The number of rotatable bonds is 7. The van der Waals surface area contributed by atoms with Crippen molar-refractivity contribution in [2.75, 3.05) is 19.3 Å². The van der Waals surface area contributed by atoms with Crippen molar-refractivity contribution in [2.45, 2.75) is 40.2 Å². The van der Waals surface area contributed by atoms with Crippen molar-refractivity contribution in [3.05, 3.63) is 0 Å². The molecule has 0 rings (SSSR count). The van der Waals surface area contributed by atoms with E-state index in [4.69, 9.17) is 0 Å². The van der Waals surface area contributed by atoms with Crippen molar-refractivity contribution in [1.29, 1.82) is 0 Å². The van der Waals surface area contributed by atoms with Crippen LogP contribution < -0.4 is 5.32 Å². The number of carbonyl (C=O) groups is 1. The summed E-state index contributed by atoms with van der Waals surface area (Å²) in [6, 6.07) is -0.0408. The van der Waals surface area contributed by atoms with Gasteiger partial charge in [-0.05, 0) is 13.3 Å². The van der Waals surface area contributed by atoms with E-state index in [1.807, 2.05) is 13.8 Å². The van der Waals surface area contributed by atoms with Gasteiger partial charge in [-0.25, -0.2) is 8.42 Å². The van der Waals surface area contributed by atoms with E-state index in [1.165, 1.54) is 10.6 Å². The Kier molecular flexibility index (Phi) is 6.70. The summed E-state index contributed by atoms with van der Waals surface area (Å²) in [6.45, 7) is 8.10. The lowest BCUT2D eigenvalue weighted by Crippen LogP contribution is -2.43. The molecule has 102 valence electrons. The standard InChI is InChI=1S/C11H24N2O3S/c1-6-10(4)13(17(5,15)16)8-7-12-11(14)9(2)3/h9-10H,6-8H2,1-5H3,(H,12,14). The summed E-state index contributed by atoms with van der Waals surface area (Å²) in [5, 5.41) is 2.72. The molecule has 1 atom stereocenters. The monoisotopic (exact) mass is 264 g/mol. The molecule has 0 heterocycles. The second kappa shape index (κ2) is 6.96. The van der Waals surface area contributed by atoms with Gasteiger partial charge < -0.3 is 5.32 Å². The highest BCUT2D eigenvalue weighted by Crippen LogP contribution is 2.07. The summed E-state index contributed by atoms with van der Waals surface area (Å²) in [5.41, 5.74) is 0. The van der Waals surface area contributed by atoms with Gasteiger partial charge in [0.25, 0.3) is 0 Å². The first-order chi connectivity index (χ1) is 7.70. The number of sulfonamides is 1. The van der Waals surface area contributed by atoms with Crippen LogP contribution in [-0.4, -0.2) is 44.0 Å². The smallest absolute Gasteiger partial charge is 0.222 e. The van der Waals surface area contributed by atoms with Gasteiger partial charge in [0.1, 0.15) is 0 Å². The Balaban J connectivity index is 4.34. The minimum Gasteiger partial charge on any atom is -0.355 e. The Labute approximate surface area is 105 Å². The molecule has 0 aromatic rings. The van der Waals surface area contributed by atoms with Crippen molar-refractivity contribution in [3.8, 4) is 0 Å². The molecule has 0 aliphatic carbocycles. The van der Waals surface area contributed by atoms with E-state index in [9.17, 15) is 13.2 Å². The fourth-order valence-corrected chi connectivity index (χ4v) is 2.64. The van der Waals surface area contributed by atoms with Gasteiger partial charge in [0, 0.05) is 25.0 Å². The van der Waals surface area contributed by atoms with Crippen molar-refractivity contribution in [3.63, 3.8) is 0 Å². The number of nitrogens with zero attached hydrogens (tertiary/aromatic N) is 1. The molecule has 1 unspecified atom stereocenters. The minimum atomic E-state index is -3.21. The molecule has 0 fully saturated rings. The molecule has 1 amide bonds. The summed E-state index contributed by atoms with van der Waals surface area (Å²) in [4.78, 5) is 11.3. The molecule has 0 radical (unpaired) electrons. The topological polar surface area (TPSA) is 66.5 Å². The maximum atomic E-state index is 11.6. The SMILES string of the molecule is CCC(C)N(CCNC(=O)C(C)C)S(C)(=O)=O. The molecule has 0 aromatic heterocycles. The van der Waals surface area contributed by atoms with Gasteiger partial charge in [0.2, 0.25) is 15.9 Å². The lowest BCUT2D eigenvalue weighted by Gasteiger charge is -2.26. The van der Waals surface area contributed by atoms with E-state index in [-0.39, 0.29) is 17.9 Å². The zero-order valence-electron chi connectivity index (χ0n) is 11.4. The predicted molar refractivity (Wildman–Crippen MR) is 69.2 cm³/mol. The molecule has 0 aromatic carbocycles. The number of nitrogens with one attached hydrogen (secondary N) is 1. The fourth-order valence-electron chi connectivity index (χ4n) is 1.41. The summed E-state index contributed by atoms with van der Waals surface area (Å²) >= 11 is 0. The maximum absolute atomic E-state index is 11.6. The van der Waals surface area contributed by atoms with Crippen molar-refractivity contribution in [2.24, 2.45) is 5.92 Å². The molecular formula is C11H24N2O3S. The van der Waals surface area contributed by atoms with E-state index >= 15 is 0 Å². The molecule has 5 nitrogen and oxygen atoms in total. The van der Waals surface area contributed by atoms with Crippen LogP contribution in [0.2, 0.25) is 0 Å². The van der Waals surface area contributed by atoms with Gasteiger partial charge in [-0.2, -0.15) is 4.31 Å². The van der Waals surface area contributed by atoms with Gasteiger partial charge in [-0.15, -0.1) is 0 Å². The van der Waals surface area contributed by atoms with E-state index in [0.29, 0.717) is 13.1 Å². The van der Waals surface area contributed by atoms with Crippen LogP contribution in [0.5, 0.6) is 0 Å². The number of carbonyl (C=O) groups excluding carboxylic acids is 1. The van der Waals surface area contributed by atoms with E-state index < -0.39 is 10.0 Å². The van der Waals surface area contributed by atoms with E-state index in [1.54, 1.807) is 13.8 Å². The third-order valence-corrected chi connectivity index (χ3v) is 4.06. The average Bonchev–Trinajstić information content (AvgIpc) is 2.21. The Morgan fingerprint density at radius 1 is 1.29 bits per heavy atom. The molecular weight excluding hydrogens is 240 g/mol. The third-order valence-electron chi connectivity index (χ3n) is 2.66. The summed E-state index contributed by atoms with van der Waals surface area (Å²) in [5.74, 6) is -0.132. The molecule has 1 N–H and O–H groups in total. The highest BCUT2D eigenvalue weighted by atomic mass is 32.2. The average molecular weight is 264 g/mol. The molecule has 17 heavy (non-hydrogen) atoms. The van der Waals surface area contributed by atoms with Crippen molar-refractivity contribution >= 4 is 15.9 Å². The number of hydrogen-bond donors (Lipinski definition) is 1. The first-order valence-electron chi connectivity index (χ1n) is 5.94. The van der Waals surface area contributed by atoms with Gasteiger partial charge in [0.05, 0.1) is 6.26 Å². The molecule has 0 aliphatic heterocycles. The minimum absolute atomic E-state index is 0.0408. The van der Waals surface area contributed by atoms with Crippen LogP contribution in [0.3, 0.4) is 0 Å². The Morgan fingerprint density at radius 3 is 2.18 bits per heavy atom. The Bertz CT molecular complexity index is 339. The van der Waals surface area contributed by atoms with Crippen LogP contribution in [0.1, 0.15) is 34.1 Å². The summed E-state index contributed by atoms with van der Waals surface area (Å²) in [6.07, 6.45) is 1.95. The normalized spacial score (nSPS) is 14.1. The second-order valence-corrected chi connectivity index (χ2v) is 6.51. The van der Waals surface area contributed by atoms with Gasteiger partial charge in [-0.1, -0.05) is 20.8 Å². The Hall–Kier alpha value is -0.620. The Morgan fingerprint density at radius 2 is 1.82 bits per heavy atom. The van der Waals surface area contributed by atoms with Crippen LogP contribution >= 0.6 is 0 Å². The van der Waals surface area contributed by atoms with Crippen LogP contribution in [-0.2, 0) is 14.8 Å². The van der Waals surface area contributed by atoms with E-state index in [2.05, 4.69) is 5.32 Å². The number of amides is 1. The quantitative estimate of drug-likeness (QED) is 0.740. The van der Waals surface area contributed by atoms with Gasteiger partial charge >= 0.3 is 0 Å². The maximum Gasteiger partial charge on any atom is 0.222 e. The van der Waals surface area contributed by atoms with Crippen LogP contribution in [0, 0.1) is 5.92 Å². The fraction of sp³-hybridized carbons (Fsp3) is 0.909. The summed E-state index contributed by atoms with van der Waals surface area (Å²) < 4.78 is 24.5. The molecule has 6 heteroatoms. The van der Waals surface area contributed by atoms with Gasteiger partial charge in [-0.3, -0.25) is 4.79 Å². The van der Waals surface area contributed by atoms with Gasteiger partial charge in [0.15, 0.2) is 0 Å². The second-order valence-electron chi connectivity index (χ2n) is 4.58. The van der Waals surface area contributed by atoms with E-state index in [0.717, 1.165) is 6.42 Å². The summed E-state index contributed by atoms with van der Waals surface area (Å²) in [7, 11) is -3.21. The molecule has 0 saturated carbocycles. The molecule has 0 bridgehead atoms. The third kappa shape index (κ3) is 6.02. The molecule has 0 spiro atoms. The van der Waals surface area contributed by atoms with Crippen molar-refractivity contribution < 1.29 is 13.2 Å².